The van der Waals surface area contributed by atoms with Crippen LogP contribution >= 0.6 is 0 Å². The van der Waals surface area contributed by atoms with Crippen LogP contribution in [0.5, 0.6) is 17.2 Å². The molecule has 2 N–H and O–H groups in total. The van der Waals surface area contributed by atoms with Crippen molar-refractivity contribution in [2.24, 2.45) is 0 Å². The van der Waals surface area contributed by atoms with Crippen LogP contribution < -0.4 is 24.8 Å². The summed E-state index contributed by atoms with van der Waals surface area (Å²) in [6.07, 6.45) is 0.504. The highest BCUT2D eigenvalue weighted by molar-refractivity contribution is 5.80. The van der Waals surface area contributed by atoms with Gasteiger partial charge in [0.25, 0.3) is 0 Å². The summed E-state index contributed by atoms with van der Waals surface area (Å²) in [5.74, 6) is 1.72. The Morgan fingerprint density at radius 2 is 1.25 bits per heavy atom. The first-order valence-electron chi connectivity index (χ1n) is 8.93. The summed E-state index contributed by atoms with van der Waals surface area (Å²) in [4.78, 5) is 24.0. The van der Waals surface area contributed by atoms with Gasteiger partial charge < -0.3 is 24.8 Å². The van der Waals surface area contributed by atoms with Gasteiger partial charge >= 0.3 is 0 Å². The average molecular weight is 386 g/mol. The van der Waals surface area contributed by atoms with E-state index in [1.54, 1.807) is 33.5 Å². The van der Waals surface area contributed by atoms with Gasteiger partial charge in [0.1, 0.15) is 5.75 Å². The number of rotatable bonds is 10. The van der Waals surface area contributed by atoms with Gasteiger partial charge in [-0.1, -0.05) is 18.2 Å². The minimum absolute atomic E-state index is 0.0979. The first kappa shape index (κ1) is 21.1. The van der Waals surface area contributed by atoms with Gasteiger partial charge in [-0.3, -0.25) is 9.59 Å². The van der Waals surface area contributed by atoms with E-state index in [4.69, 9.17) is 14.2 Å². The normalized spacial score (nSPS) is 10.1. The molecule has 2 aromatic carbocycles. The van der Waals surface area contributed by atoms with Crippen LogP contribution in [-0.2, 0) is 22.4 Å². The highest BCUT2D eigenvalue weighted by Crippen LogP contribution is 2.27. The SMILES string of the molecule is COc1ccc(CC(=O)NCCNC(=O)Cc2ccc(OC)c(OC)c2)cc1. The van der Waals surface area contributed by atoms with Crippen molar-refractivity contribution in [1.29, 1.82) is 0 Å². The number of hydrogen-bond acceptors (Lipinski definition) is 5. The molecule has 0 aliphatic carbocycles. The molecule has 7 nitrogen and oxygen atoms in total. The lowest BCUT2D eigenvalue weighted by molar-refractivity contribution is -0.122. The van der Waals surface area contributed by atoms with Crippen LogP contribution in [0.15, 0.2) is 42.5 Å². The molecule has 2 rings (SSSR count). The van der Waals surface area contributed by atoms with Crippen LogP contribution in [0.2, 0.25) is 0 Å². The largest absolute Gasteiger partial charge is 0.497 e. The molecule has 0 unspecified atom stereocenters. The number of carbonyl (C=O) groups excluding carboxylic acids is 2. The Hall–Kier alpha value is -3.22. The van der Waals surface area contributed by atoms with Crippen molar-refractivity contribution >= 4 is 11.8 Å². The lowest BCUT2D eigenvalue weighted by Gasteiger charge is -2.10. The number of nitrogens with one attached hydrogen (secondary N) is 2. The van der Waals surface area contributed by atoms with E-state index in [1.807, 2.05) is 30.3 Å². The Morgan fingerprint density at radius 1 is 0.714 bits per heavy atom. The maximum Gasteiger partial charge on any atom is 0.224 e. The number of hydrogen-bond donors (Lipinski definition) is 2. The van der Waals surface area contributed by atoms with Crippen LogP contribution in [0.1, 0.15) is 11.1 Å². The fourth-order valence-corrected chi connectivity index (χ4v) is 2.63. The minimum Gasteiger partial charge on any atom is -0.497 e. The van der Waals surface area contributed by atoms with Gasteiger partial charge in [-0.2, -0.15) is 0 Å². The lowest BCUT2D eigenvalue weighted by Crippen LogP contribution is -2.35. The molecule has 0 fully saturated rings. The van der Waals surface area contributed by atoms with Crippen molar-refractivity contribution < 1.29 is 23.8 Å². The number of carbonyl (C=O) groups is 2. The molecule has 0 saturated heterocycles. The summed E-state index contributed by atoms with van der Waals surface area (Å²) in [5.41, 5.74) is 1.72. The van der Waals surface area contributed by atoms with Crippen LogP contribution in [-0.4, -0.2) is 46.2 Å². The van der Waals surface area contributed by atoms with Crippen molar-refractivity contribution in [3.05, 3.63) is 53.6 Å². The van der Waals surface area contributed by atoms with Crippen LogP contribution in [0.4, 0.5) is 0 Å². The summed E-state index contributed by atoms with van der Waals surface area (Å²) in [5, 5.41) is 5.58. The van der Waals surface area contributed by atoms with E-state index in [9.17, 15) is 9.59 Å². The predicted molar refractivity (Wildman–Crippen MR) is 106 cm³/mol. The molecule has 0 radical (unpaired) electrons. The number of benzene rings is 2. The lowest BCUT2D eigenvalue weighted by atomic mass is 10.1. The third kappa shape index (κ3) is 6.50. The standard InChI is InChI=1S/C21H26N2O5/c1-26-17-7-4-15(5-8-17)13-20(24)22-10-11-23-21(25)14-16-6-9-18(27-2)19(12-16)28-3/h4-9,12H,10-11,13-14H2,1-3H3,(H,22,24)(H,23,25). The zero-order valence-electron chi connectivity index (χ0n) is 16.4. The molecule has 150 valence electrons. The first-order valence-corrected chi connectivity index (χ1v) is 8.93. The quantitative estimate of drug-likeness (QED) is 0.608. The maximum atomic E-state index is 12.1. The summed E-state index contributed by atoms with van der Waals surface area (Å²) in [6.45, 7) is 0.729. The Balaban J connectivity index is 1.69. The topological polar surface area (TPSA) is 85.9 Å². The highest BCUT2D eigenvalue weighted by Gasteiger charge is 2.08. The molecule has 0 aliphatic rings. The third-order valence-corrected chi connectivity index (χ3v) is 4.11. The Kier molecular flexibility index (Phi) is 8.14. The van der Waals surface area contributed by atoms with E-state index < -0.39 is 0 Å². The molecule has 7 heteroatoms. The predicted octanol–water partition coefficient (Wildman–Crippen LogP) is 1.73. The van der Waals surface area contributed by atoms with Crippen molar-refractivity contribution in [1.82, 2.24) is 10.6 Å². The molecule has 0 atom stereocenters. The Bertz CT molecular complexity index is 790. The van der Waals surface area contributed by atoms with E-state index in [-0.39, 0.29) is 24.7 Å². The molecule has 0 aromatic heterocycles. The first-order chi connectivity index (χ1) is 13.5. The number of methoxy groups -OCH3 is 3. The summed E-state index contributed by atoms with van der Waals surface area (Å²) in [7, 11) is 4.71. The molecule has 28 heavy (non-hydrogen) atoms. The molecular weight excluding hydrogens is 360 g/mol. The van der Waals surface area contributed by atoms with Crippen LogP contribution in [0.3, 0.4) is 0 Å². The minimum atomic E-state index is -0.128. The molecular formula is C21H26N2O5. The summed E-state index contributed by atoms with van der Waals surface area (Å²) < 4.78 is 15.5. The Morgan fingerprint density at radius 3 is 1.79 bits per heavy atom. The second kappa shape index (κ2) is 10.8. The van der Waals surface area contributed by atoms with Crippen molar-refractivity contribution in [3.63, 3.8) is 0 Å². The summed E-state index contributed by atoms with van der Waals surface area (Å²) >= 11 is 0. The van der Waals surface area contributed by atoms with Crippen molar-refractivity contribution in [3.8, 4) is 17.2 Å². The highest BCUT2D eigenvalue weighted by atomic mass is 16.5. The van der Waals surface area contributed by atoms with Gasteiger partial charge in [0.15, 0.2) is 11.5 Å². The van der Waals surface area contributed by atoms with E-state index >= 15 is 0 Å². The smallest absolute Gasteiger partial charge is 0.224 e. The summed E-state index contributed by atoms with van der Waals surface area (Å²) in [6, 6.07) is 12.7. The number of amides is 2. The molecule has 0 saturated carbocycles. The van der Waals surface area contributed by atoms with E-state index in [0.29, 0.717) is 24.6 Å². The average Bonchev–Trinajstić information content (AvgIpc) is 2.71. The fraction of sp³-hybridized carbons (Fsp3) is 0.333. The van der Waals surface area contributed by atoms with E-state index in [0.717, 1.165) is 16.9 Å². The van der Waals surface area contributed by atoms with Gasteiger partial charge in [-0.05, 0) is 35.4 Å². The molecule has 0 aliphatic heterocycles. The number of ether oxygens (including phenoxy) is 3. The van der Waals surface area contributed by atoms with Gasteiger partial charge in [0.05, 0.1) is 34.2 Å². The zero-order chi connectivity index (χ0) is 20.4. The van der Waals surface area contributed by atoms with E-state index in [1.165, 1.54) is 0 Å². The fourth-order valence-electron chi connectivity index (χ4n) is 2.63. The molecule has 0 heterocycles. The van der Waals surface area contributed by atoms with Gasteiger partial charge in [-0.15, -0.1) is 0 Å². The van der Waals surface area contributed by atoms with Gasteiger partial charge in [0, 0.05) is 13.1 Å². The third-order valence-electron chi connectivity index (χ3n) is 4.11. The Labute approximate surface area is 165 Å². The second-order valence-electron chi connectivity index (χ2n) is 6.09. The van der Waals surface area contributed by atoms with Crippen molar-refractivity contribution in [2.75, 3.05) is 34.4 Å². The monoisotopic (exact) mass is 386 g/mol. The zero-order valence-corrected chi connectivity index (χ0v) is 16.4. The van der Waals surface area contributed by atoms with Crippen LogP contribution in [0, 0.1) is 0 Å². The molecule has 2 aromatic rings. The molecule has 2 amide bonds. The van der Waals surface area contributed by atoms with Crippen molar-refractivity contribution in [2.45, 2.75) is 12.8 Å². The van der Waals surface area contributed by atoms with Gasteiger partial charge in [0.2, 0.25) is 11.8 Å². The van der Waals surface area contributed by atoms with E-state index in [2.05, 4.69) is 10.6 Å². The maximum absolute atomic E-state index is 12.1. The molecule has 0 spiro atoms. The van der Waals surface area contributed by atoms with Gasteiger partial charge in [-0.25, -0.2) is 0 Å². The second-order valence-corrected chi connectivity index (χ2v) is 6.09. The van der Waals surface area contributed by atoms with Crippen LogP contribution in [0.25, 0.3) is 0 Å². The molecule has 0 bridgehead atoms.